The number of fused-ring (bicyclic) bond motifs is 2. The average molecular weight is 447 g/mol. The first-order valence-electron chi connectivity index (χ1n) is 10.6. The number of nitrogens with one attached hydrogen (secondary N) is 2. The van der Waals surface area contributed by atoms with Gasteiger partial charge in [0.05, 0.1) is 26.4 Å². The molecule has 3 rings (SSSR count). The Hall–Kier alpha value is -3.17. The van der Waals surface area contributed by atoms with Gasteiger partial charge in [-0.15, -0.1) is 0 Å². The Balaban J connectivity index is 1.62. The van der Waals surface area contributed by atoms with Crippen LogP contribution < -0.4 is 29.6 Å². The first-order chi connectivity index (χ1) is 15.7. The summed E-state index contributed by atoms with van der Waals surface area (Å²) in [6.45, 7) is 4.43. The predicted octanol–water partition coefficient (Wildman–Crippen LogP) is 2.95. The summed E-state index contributed by atoms with van der Waals surface area (Å²) in [4.78, 5) is 11.3. The molecule has 1 amide bonds. The number of ether oxygens (including phenoxy) is 6. The van der Waals surface area contributed by atoms with Crippen LogP contribution in [0.1, 0.15) is 6.92 Å². The van der Waals surface area contributed by atoms with Crippen molar-refractivity contribution in [2.24, 2.45) is 0 Å². The van der Waals surface area contributed by atoms with E-state index in [0.717, 1.165) is 5.69 Å². The van der Waals surface area contributed by atoms with E-state index in [0.29, 0.717) is 81.5 Å². The molecule has 2 N–H and O–H groups in total. The van der Waals surface area contributed by atoms with Crippen LogP contribution in [0.2, 0.25) is 0 Å². The zero-order chi connectivity index (χ0) is 22.6. The molecular formula is C23H30N2O7. The van der Waals surface area contributed by atoms with E-state index in [2.05, 4.69) is 10.6 Å². The largest absolute Gasteiger partial charge is 0.487 e. The van der Waals surface area contributed by atoms with Gasteiger partial charge in [0, 0.05) is 37.5 Å². The van der Waals surface area contributed by atoms with Crippen molar-refractivity contribution in [3.63, 3.8) is 0 Å². The van der Waals surface area contributed by atoms with Crippen molar-refractivity contribution in [1.82, 2.24) is 0 Å². The second-order valence-electron chi connectivity index (χ2n) is 6.87. The number of carbonyl (C=O) groups is 1. The summed E-state index contributed by atoms with van der Waals surface area (Å²) in [6, 6.07) is 10.9. The smallest absolute Gasteiger partial charge is 0.221 e. The van der Waals surface area contributed by atoms with Crippen LogP contribution in [0.15, 0.2) is 36.4 Å². The van der Waals surface area contributed by atoms with E-state index in [9.17, 15) is 4.79 Å². The van der Waals surface area contributed by atoms with Crippen molar-refractivity contribution in [3.05, 3.63) is 36.4 Å². The molecule has 0 atom stereocenters. The first-order valence-corrected chi connectivity index (χ1v) is 10.6. The van der Waals surface area contributed by atoms with Crippen molar-refractivity contribution in [3.8, 4) is 23.0 Å². The lowest BCUT2D eigenvalue weighted by Gasteiger charge is -2.16. The standard InChI is InChI=1S/C23H30N2O7/c1-17(26)25-19-4-6-21-23(16-19)32-14-10-28-7-11-29-20-5-3-18(24-2)15-22(20)31-13-9-27-8-12-30-21/h3-6,15-16,24H,7-14H2,1-2H3,(H,25,26). The maximum absolute atomic E-state index is 11.3. The molecule has 0 unspecified atom stereocenters. The van der Waals surface area contributed by atoms with Gasteiger partial charge in [-0.3, -0.25) is 4.79 Å². The topological polar surface area (TPSA) is 96.5 Å². The average Bonchev–Trinajstić information content (AvgIpc) is 2.78. The fourth-order valence-corrected chi connectivity index (χ4v) is 2.96. The predicted molar refractivity (Wildman–Crippen MR) is 120 cm³/mol. The molecule has 0 aromatic heterocycles. The van der Waals surface area contributed by atoms with Gasteiger partial charge in [0.1, 0.15) is 26.4 Å². The van der Waals surface area contributed by atoms with Crippen molar-refractivity contribution in [1.29, 1.82) is 0 Å². The third-order valence-electron chi connectivity index (χ3n) is 4.44. The molecule has 9 heteroatoms. The highest BCUT2D eigenvalue weighted by atomic mass is 16.6. The van der Waals surface area contributed by atoms with Gasteiger partial charge in [-0.2, -0.15) is 0 Å². The Kier molecular flexibility index (Phi) is 9.27. The number of benzene rings is 2. The van der Waals surface area contributed by atoms with Crippen LogP contribution in [-0.4, -0.2) is 65.8 Å². The zero-order valence-corrected chi connectivity index (χ0v) is 18.5. The van der Waals surface area contributed by atoms with Gasteiger partial charge in [-0.1, -0.05) is 0 Å². The number of amides is 1. The first kappa shape index (κ1) is 23.5. The molecule has 0 bridgehead atoms. The van der Waals surface area contributed by atoms with Crippen molar-refractivity contribution in [2.45, 2.75) is 6.92 Å². The van der Waals surface area contributed by atoms with Crippen molar-refractivity contribution >= 4 is 17.3 Å². The highest BCUT2D eigenvalue weighted by molar-refractivity contribution is 5.89. The maximum Gasteiger partial charge on any atom is 0.221 e. The Labute approximate surface area is 187 Å². The molecule has 9 nitrogen and oxygen atoms in total. The minimum atomic E-state index is -0.159. The van der Waals surface area contributed by atoms with E-state index >= 15 is 0 Å². The Morgan fingerprint density at radius 1 is 0.656 bits per heavy atom. The minimum Gasteiger partial charge on any atom is -0.487 e. The molecule has 0 radical (unpaired) electrons. The summed E-state index contributed by atoms with van der Waals surface area (Å²) in [6.07, 6.45) is 0. The molecule has 0 saturated heterocycles. The fraction of sp³-hybridized carbons (Fsp3) is 0.435. The SMILES string of the molecule is CNc1ccc2c(c1)OCCOCCOc1ccc(NC(C)=O)cc1OCCOCCO2. The van der Waals surface area contributed by atoms with Gasteiger partial charge >= 0.3 is 0 Å². The number of carbonyl (C=O) groups excluding carboxylic acids is 1. The summed E-state index contributed by atoms with van der Waals surface area (Å²) in [5.74, 6) is 2.22. The van der Waals surface area contributed by atoms with Gasteiger partial charge in [0.15, 0.2) is 23.0 Å². The van der Waals surface area contributed by atoms with Crippen LogP contribution in [-0.2, 0) is 14.3 Å². The van der Waals surface area contributed by atoms with Crippen molar-refractivity contribution in [2.75, 3.05) is 70.5 Å². The van der Waals surface area contributed by atoms with Crippen LogP contribution in [0.3, 0.4) is 0 Å². The molecule has 2 aromatic carbocycles. The zero-order valence-electron chi connectivity index (χ0n) is 18.5. The van der Waals surface area contributed by atoms with Gasteiger partial charge < -0.3 is 39.1 Å². The molecular weight excluding hydrogens is 416 g/mol. The molecule has 0 aliphatic carbocycles. The van der Waals surface area contributed by atoms with Crippen LogP contribution in [0.5, 0.6) is 23.0 Å². The molecule has 0 fully saturated rings. The molecule has 32 heavy (non-hydrogen) atoms. The van der Waals surface area contributed by atoms with Gasteiger partial charge in [0.2, 0.25) is 5.91 Å². The fourth-order valence-electron chi connectivity index (χ4n) is 2.96. The second kappa shape index (κ2) is 12.6. The molecule has 0 spiro atoms. The summed E-state index contributed by atoms with van der Waals surface area (Å²) in [7, 11) is 1.85. The normalized spacial score (nSPS) is 15.7. The van der Waals surface area contributed by atoms with Crippen molar-refractivity contribution < 1.29 is 33.2 Å². The van der Waals surface area contributed by atoms with E-state index < -0.39 is 0 Å². The summed E-state index contributed by atoms with van der Waals surface area (Å²) in [5.41, 5.74) is 1.56. The summed E-state index contributed by atoms with van der Waals surface area (Å²) in [5, 5.41) is 5.83. The van der Waals surface area contributed by atoms with Crippen LogP contribution in [0.25, 0.3) is 0 Å². The highest BCUT2D eigenvalue weighted by Crippen LogP contribution is 2.31. The van der Waals surface area contributed by atoms with Crippen LogP contribution in [0.4, 0.5) is 11.4 Å². The van der Waals surface area contributed by atoms with Crippen LogP contribution in [0, 0.1) is 0 Å². The lowest BCUT2D eigenvalue weighted by Crippen LogP contribution is -2.15. The van der Waals surface area contributed by atoms with Gasteiger partial charge in [-0.25, -0.2) is 0 Å². The quantitative estimate of drug-likeness (QED) is 0.727. The van der Waals surface area contributed by atoms with E-state index in [4.69, 9.17) is 28.4 Å². The molecule has 1 aliphatic heterocycles. The number of hydrogen-bond donors (Lipinski definition) is 2. The number of rotatable bonds is 2. The van der Waals surface area contributed by atoms with E-state index in [-0.39, 0.29) is 5.91 Å². The molecule has 1 aliphatic rings. The highest BCUT2D eigenvalue weighted by Gasteiger charge is 2.10. The number of hydrogen-bond acceptors (Lipinski definition) is 8. The summed E-state index contributed by atoms with van der Waals surface area (Å²) < 4.78 is 34.5. The lowest BCUT2D eigenvalue weighted by molar-refractivity contribution is -0.114. The van der Waals surface area contributed by atoms with E-state index in [1.807, 2.05) is 25.2 Å². The number of anilines is 2. The third kappa shape index (κ3) is 7.51. The second-order valence-corrected chi connectivity index (χ2v) is 6.87. The monoisotopic (exact) mass is 446 g/mol. The van der Waals surface area contributed by atoms with Crippen LogP contribution >= 0.6 is 0 Å². The molecule has 1 heterocycles. The third-order valence-corrected chi connectivity index (χ3v) is 4.44. The lowest BCUT2D eigenvalue weighted by atomic mass is 10.2. The maximum atomic E-state index is 11.3. The molecule has 0 saturated carbocycles. The Morgan fingerprint density at radius 2 is 1.09 bits per heavy atom. The molecule has 2 aromatic rings. The molecule has 174 valence electrons. The Bertz CT molecular complexity index is 875. The Morgan fingerprint density at radius 3 is 1.56 bits per heavy atom. The van der Waals surface area contributed by atoms with E-state index in [1.165, 1.54) is 6.92 Å². The van der Waals surface area contributed by atoms with Gasteiger partial charge in [0.25, 0.3) is 0 Å². The van der Waals surface area contributed by atoms with Gasteiger partial charge in [-0.05, 0) is 24.3 Å². The van der Waals surface area contributed by atoms with E-state index in [1.54, 1.807) is 18.2 Å². The summed E-state index contributed by atoms with van der Waals surface area (Å²) >= 11 is 0. The minimum absolute atomic E-state index is 0.159.